The summed E-state index contributed by atoms with van der Waals surface area (Å²) in [7, 11) is 0. The largest absolute Gasteiger partial charge is 0.445 e. The Hall–Kier alpha value is -3.11. The average Bonchev–Trinajstić information content (AvgIpc) is 3.58. The van der Waals surface area contributed by atoms with Gasteiger partial charge in [0.2, 0.25) is 0 Å². The minimum Gasteiger partial charge on any atom is -0.445 e. The van der Waals surface area contributed by atoms with Gasteiger partial charge < -0.3 is 14.8 Å². The predicted molar refractivity (Wildman–Crippen MR) is 117 cm³/mol. The number of ether oxygens (including phenoxy) is 2. The first-order valence-electron chi connectivity index (χ1n) is 10.5. The summed E-state index contributed by atoms with van der Waals surface area (Å²) in [6.45, 7) is 0.258. The molecule has 0 spiro atoms. The summed E-state index contributed by atoms with van der Waals surface area (Å²) >= 11 is 0. The van der Waals surface area contributed by atoms with Crippen LogP contribution in [-0.4, -0.2) is 24.3 Å². The van der Waals surface area contributed by atoms with E-state index in [0.29, 0.717) is 6.42 Å². The molecule has 3 atom stereocenters. The van der Waals surface area contributed by atoms with Gasteiger partial charge in [0.1, 0.15) is 12.7 Å². The van der Waals surface area contributed by atoms with Gasteiger partial charge in [0.15, 0.2) is 0 Å². The Morgan fingerprint density at radius 1 is 0.833 bits per heavy atom. The maximum Gasteiger partial charge on any atom is 0.407 e. The molecule has 1 N–H and O–H groups in total. The first kappa shape index (κ1) is 20.2. The molecule has 4 nitrogen and oxygen atoms in total. The number of carbonyl (C=O) groups excluding carboxylic acids is 1. The monoisotopic (exact) mass is 401 g/mol. The van der Waals surface area contributed by atoms with E-state index in [0.717, 1.165) is 18.4 Å². The molecule has 4 heteroatoms. The van der Waals surface area contributed by atoms with E-state index in [9.17, 15) is 4.79 Å². The Bertz CT molecular complexity index is 915. The van der Waals surface area contributed by atoms with Crippen molar-refractivity contribution in [2.45, 2.75) is 44.1 Å². The van der Waals surface area contributed by atoms with Gasteiger partial charge in [-0.05, 0) is 36.0 Å². The second-order valence-electron chi connectivity index (χ2n) is 7.67. The molecule has 4 rings (SSSR count). The van der Waals surface area contributed by atoms with Crippen LogP contribution >= 0.6 is 0 Å². The lowest BCUT2D eigenvalue weighted by atomic mass is 9.99. The van der Waals surface area contributed by atoms with E-state index in [2.05, 4.69) is 41.7 Å². The fraction of sp³-hybridized carbons (Fsp3) is 0.269. The molecule has 1 aliphatic heterocycles. The van der Waals surface area contributed by atoms with Crippen LogP contribution in [0.4, 0.5) is 4.79 Å². The topological polar surface area (TPSA) is 50.9 Å². The van der Waals surface area contributed by atoms with E-state index in [1.807, 2.05) is 54.6 Å². The van der Waals surface area contributed by atoms with E-state index < -0.39 is 6.09 Å². The Labute approximate surface area is 177 Å². The summed E-state index contributed by atoms with van der Waals surface area (Å²) in [6, 6.07) is 30.2. The van der Waals surface area contributed by atoms with Crippen molar-refractivity contribution in [1.29, 1.82) is 0 Å². The molecule has 0 saturated carbocycles. The third-order valence-corrected chi connectivity index (χ3v) is 5.39. The molecule has 1 amide bonds. The number of carbonyl (C=O) groups is 1. The van der Waals surface area contributed by atoms with Gasteiger partial charge >= 0.3 is 6.09 Å². The lowest BCUT2D eigenvalue weighted by Gasteiger charge is -2.17. The number of epoxide rings is 1. The van der Waals surface area contributed by atoms with Gasteiger partial charge in [0.05, 0.1) is 12.1 Å². The maximum atomic E-state index is 12.4. The third kappa shape index (κ3) is 5.94. The molecule has 154 valence electrons. The number of amides is 1. The van der Waals surface area contributed by atoms with Crippen molar-refractivity contribution in [2.75, 3.05) is 0 Å². The molecule has 0 radical (unpaired) electrons. The Balaban J connectivity index is 1.33. The van der Waals surface area contributed by atoms with E-state index in [-0.39, 0.29) is 24.9 Å². The van der Waals surface area contributed by atoms with Gasteiger partial charge in [-0.3, -0.25) is 0 Å². The number of aryl methyl sites for hydroxylation is 1. The number of hydrogen-bond donors (Lipinski definition) is 1. The molecule has 3 aromatic rings. The van der Waals surface area contributed by atoms with Crippen LogP contribution in [0.2, 0.25) is 0 Å². The number of nitrogens with one attached hydrogen (secondary N) is 1. The summed E-state index contributed by atoms with van der Waals surface area (Å²) < 4.78 is 11.4. The minimum atomic E-state index is -0.405. The minimum absolute atomic E-state index is 0.0122. The van der Waals surface area contributed by atoms with Crippen molar-refractivity contribution in [3.05, 3.63) is 108 Å². The van der Waals surface area contributed by atoms with Crippen molar-refractivity contribution in [3.8, 4) is 0 Å². The fourth-order valence-corrected chi connectivity index (χ4v) is 3.73. The highest BCUT2D eigenvalue weighted by Gasteiger charge is 2.45. The maximum absolute atomic E-state index is 12.4. The van der Waals surface area contributed by atoms with Gasteiger partial charge in [-0.1, -0.05) is 91.0 Å². The van der Waals surface area contributed by atoms with Gasteiger partial charge in [-0.15, -0.1) is 0 Å². The molecule has 30 heavy (non-hydrogen) atoms. The zero-order valence-electron chi connectivity index (χ0n) is 16.9. The number of hydrogen-bond acceptors (Lipinski definition) is 3. The Kier molecular flexibility index (Phi) is 6.78. The standard InChI is InChI=1S/C26H27NO3/c28-26(29-19-22-14-8-3-9-15-22)27-23(18-21-12-6-2-7-13-21)25-24(30-25)17-16-20-10-4-1-5-11-20/h1-15,23-25H,16-19H2,(H,27,28). The molecule has 3 unspecified atom stereocenters. The number of rotatable bonds is 9. The van der Waals surface area contributed by atoms with Crippen LogP contribution in [0.3, 0.4) is 0 Å². The van der Waals surface area contributed by atoms with Crippen LogP contribution in [0, 0.1) is 0 Å². The molecule has 0 aromatic heterocycles. The Morgan fingerprint density at radius 2 is 1.40 bits per heavy atom. The fourth-order valence-electron chi connectivity index (χ4n) is 3.73. The number of alkyl carbamates (subject to hydrolysis) is 1. The van der Waals surface area contributed by atoms with Crippen LogP contribution in [0.5, 0.6) is 0 Å². The molecule has 0 bridgehead atoms. The SMILES string of the molecule is O=C(NC(Cc1ccccc1)C1OC1CCc1ccccc1)OCc1ccccc1. The second-order valence-corrected chi connectivity index (χ2v) is 7.67. The number of benzene rings is 3. The smallest absolute Gasteiger partial charge is 0.407 e. The molecule has 1 saturated heterocycles. The lowest BCUT2D eigenvalue weighted by molar-refractivity contribution is 0.133. The first-order chi connectivity index (χ1) is 14.8. The van der Waals surface area contributed by atoms with Crippen molar-refractivity contribution in [3.63, 3.8) is 0 Å². The molecular formula is C26H27NO3. The molecule has 1 fully saturated rings. The van der Waals surface area contributed by atoms with Crippen LogP contribution in [-0.2, 0) is 28.9 Å². The van der Waals surface area contributed by atoms with Crippen molar-refractivity contribution >= 4 is 6.09 Å². The van der Waals surface area contributed by atoms with Crippen LogP contribution in [0.1, 0.15) is 23.1 Å². The molecule has 0 aliphatic carbocycles. The highest BCUT2D eigenvalue weighted by Crippen LogP contribution is 2.31. The lowest BCUT2D eigenvalue weighted by Crippen LogP contribution is -2.41. The van der Waals surface area contributed by atoms with Gasteiger partial charge in [-0.25, -0.2) is 4.79 Å². The van der Waals surface area contributed by atoms with E-state index in [4.69, 9.17) is 9.47 Å². The molecule has 1 heterocycles. The second kappa shape index (κ2) is 10.1. The zero-order valence-corrected chi connectivity index (χ0v) is 16.9. The average molecular weight is 402 g/mol. The summed E-state index contributed by atoms with van der Waals surface area (Å²) in [5.74, 6) is 0. The summed E-state index contributed by atoms with van der Waals surface area (Å²) in [6.07, 6.45) is 2.40. The van der Waals surface area contributed by atoms with Crippen molar-refractivity contribution in [2.24, 2.45) is 0 Å². The zero-order chi connectivity index (χ0) is 20.6. The third-order valence-electron chi connectivity index (χ3n) is 5.39. The quantitative estimate of drug-likeness (QED) is 0.518. The van der Waals surface area contributed by atoms with Gasteiger partial charge in [0.25, 0.3) is 0 Å². The highest BCUT2D eigenvalue weighted by atomic mass is 16.6. The van der Waals surface area contributed by atoms with Crippen molar-refractivity contribution in [1.82, 2.24) is 5.32 Å². The van der Waals surface area contributed by atoms with E-state index in [1.165, 1.54) is 11.1 Å². The van der Waals surface area contributed by atoms with Crippen LogP contribution in [0.25, 0.3) is 0 Å². The summed E-state index contributed by atoms with van der Waals surface area (Å²) in [5.41, 5.74) is 3.44. The molecule has 1 aliphatic rings. The Morgan fingerprint density at radius 3 is 2.03 bits per heavy atom. The van der Waals surface area contributed by atoms with E-state index in [1.54, 1.807) is 0 Å². The molecule has 3 aromatic carbocycles. The normalized spacial score (nSPS) is 18.4. The summed E-state index contributed by atoms with van der Waals surface area (Å²) in [4.78, 5) is 12.4. The van der Waals surface area contributed by atoms with E-state index >= 15 is 0 Å². The van der Waals surface area contributed by atoms with Crippen LogP contribution < -0.4 is 5.32 Å². The van der Waals surface area contributed by atoms with Crippen LogP contribution in [0.15, 0.2) is 91.0 Å². The van der Waals surface area contributed by atoms with Gasteiger partial charge in [0, 0.05) is 0 Å². The first-order valence-corrected chi connectivity index (χ1v) is 10.5. The van der Waals surface area contributed by atoms with Crippen molar-refractivity contribution < 1.29 is 14.3 Å². The predicted octanol–water partition coefficient (Wildman–Crippen LogP) is 4.92. The molecular weight excluding hydrogens is 374 g/mol. The van der Waals surface area contributed by atoms with Gasteiger partial charge in [-0.2, -0.15) is 0 Å². The highest BCUT2D eigenvalue weighted by molar-refractivity contribution is 5.67. The summed E-state index contributed by atoms with van der Waals surface area (Å²) in [5, 5.41) is 3.04.